The van der Waals surface area contributed by atoms with Gasteiger partial charge in [0.25, 0.3) is 5.56 Å². The van der Waals surface area contributed by atoms with E-state index in [1.807, 2.05) is 18.2 Å². The fourth-order valence-electron chi connectivity index (χ4n) is 4.83. The topological polar surface area (TPSA) is 70.2 Å². The second kappa shape index (κ2) is 8.96. The van der Waals surface area contributed by atoms with Crippen molar-refractivity contribution >= 4 is 31.6 Å². The first-order valence-corrected chi connectivity index (χ1v) is 13.0. The molecule has 0 amide bonds. The number of methoxy groups -OCH3 is 1. The van der Waals surface area contributed by atoms with Crippen molar-refractivity contribution in [2.45, 2.75) is 51.5 Å². The van der Waals surface area contributed by atoms with Gasteiger partial charge in [-0.3, -0.25) is 9.36 Å². The summed E-state index contributed by atoms with van der Waals surface area (Å²) in [4.78, 5) is 24.1. The highest BCUT2D eigenvalue weighted by Gasteiger charge is 2.29. The Bertz CT molecular complexity index is 1580. The van der Waals surface area contributed by atoms with Crippen LogP contribution >= 0.6 is 11.3 Å². The van der Waals surface area contributed by atoms with Gasteiger partial charge in [0, 0.05) is 15.6 Å². The molecule has 178 valence electrons. The van der Waals surface area contributed by atoms with Gasteiger partial charge in [0.1, 0.15) is 22.2 Å². The Balaban J connectivity index is 1.63. The molecule has 0 bridgehead atoms. The minimum atomic E-state index is -0.0437. The van der Waals surface area contributed by atoms with Crippen molar-refractivity contribution in [3.05, 3.63) is 76.2 Å². The fraction of sp³-hybridized carbons (Fsp3) is 0.321. The third kappa shape index (κ3) is 3.93. The number of ether oxygens (including phenoxy) is 1. The molecular formula is C28H27N3O3S. The number of hydrogen-bond donors (Lipinski definition) is 0. The van der Waals surface area contributed by atoms with E-state index in [2.05, 4.69) is 30.1 Å². The summed E-state index contributed by atoms with van der Waals surface area (Å²) >= 11 is 1.63. The zero-order valence-corrected chi connectivity index (χ0v) is 20.7. The molecule has 0 saturated heterocycles. The summed E-state index contributed by atoms with van der Waals surface area (Å²) in [5, 5.41) is 1.68. The molecule has 6 rings (SSSR count). The minimum absolute atomic E-state index is 0.0437. The predicted molar refractivity (Wildman–Crippen MR) is 140 cm³/mol. The number of hydrogen-bond acceptors (Lipinski definition) is 6. The van der Waals surface area contributed by atoms with E-state index in [4.69, 9.17) is 14.1 Å². The van der Waals surface area contributed by atoms with Crippen LogP contribution in [0.15, 0.2) is 58.2 Å². The molecule has 1 saturated carbocycles. The van der Waals surface area contributed by atoms with E-state index >= 15 is 0 Å². The number of rotatable bonds is 8. The average Bonchev–Trinajstić information content (AvgIpc) is 3.46. The van der Waals surface area contributed by atoms with Gasteiger partial charge >= 0.3 is 0 Å². The quantitative estimate of drug-likeness (QED) is 0.249. The Morgan fingerprint density at radius 2 is 2.11 bits per heavy atom. The monoisotopic (exact) mass is 485 g/mol. The van der Waals surface area contributed by atoms with Crippen LogP contribution < -0.4 is 10.3 Å². The third-order valence-electron chi connectivity index (χ3n) is 6.81. The molecule has 7 heteroatoms. The summed E-state index contributed by atoms with van der Waals surface area (Å²) in [5.74, 6) is 2.59. The molecule has 6 nitrogen and oxygen atoms in total. The van der Waals surface area contributed by atoms with E-state index in [1.54, 1.807) is 29.2 Å². The molecule has 35 heavy (non-hydrogen) atoms. The Kier molecular flexibility index (Phi) is 5.65. The number of unbranched alkanes of at least 4 members (excludes halogenated alkanes) is 1. The molecule has 0 spiro atoms. The highest BCUT2D eigenvalue weighted by molar-refractivity contribution is 7.25. The molecular weight excluding hydrogens is 458 g/mol. The molecule has 3 heterocycles. The Morgan fingerprint density at radius 1 is 1.23 bits per heavy atom. The lowest BCUT2D eigenvalue weighted by Gasteiger charge is -2.15. The van der Waals surface area contributed by atoms with Crippen LogP contribution in [0.25, 0.3) is 31.7 Å². The first-order valence-electron chi connectivity index (χ1n) is 12.2. The highest BCUT2D eigenvalue weighted by Crippen LogP contribution is 2.46. The van der Waals surface area contributed by atoms with Crippen LogP contribution in [0.1, 0.15) is 55.4 Å². The average molecular weight is 486 g/mol. The molecule has 5 aromatic rings. The van der Waals surface area contributed by atoms with Crippen molar-refractivity contribution in [3.63, 3.8) is 0 Å². The van der Waals surface area contributed by atoms with Crippen LogP contribution in [-0.4, -0.2) is 21.6 Å². The summed E-state index contributed by atoms with van der Waals surface area (Å²) in [5.41, 5.74) is 3.42. The lowest BCUT2D eigenvalue weighted by atomic mass is 10.0. The van der Waals surface area contributed by atoms with E-state index in [-0.39, 0.29) is 12.1 Å². The summed E-state index contributed by atoms with van der Waals surface area (Å²) in [6.45, 7) is 2.48. The Labute approximate surface area is 207 Å². The molecule has 2 aromatic carbocycles. The van der Waals surface area contributed by atoms with Gasteiger partial charge in [0.05, 0.1) is 25.2 Å². The molecule has 0 aliphatic heterocycles. The second-order valence-electron chi connectivity index (χ2n) is 9.20. The molecule has 1 fully saturated rings. The third-order valence-corrected chi connectivity index (χ3v) is 7.99. The lowest BCUT2D eigenvalue weighted by molar-refractivity contribution is 0.414. The highest BCUT2D eigenvalue weighted by atomic mass is 32.1. The Morgan fingerprint density at radius 3 is 2.86 bits per heavy atom. The molecule has 3 aromatic heterocycles. The Hall–Kier alpha value is -3.45. The number of aryl methyl sites for hydroxylation is 1. The minimum Gasteiger partial charge on any atom is -0.497 e. The lowest BCUT2D eigenvalue weighted by Crippen LogP contribution is -2.24. The van der Waals surface area contributed by atoms with Gasteiger partial charge in [-0.15, -0.1) is 11.3 Å². The second-order valence-corrected chi connectivity index (χ2v) is 10.2. The van der Waals surface area contributed by atoms with E-state index in [0.29, 0.717) is 22.9 Å². The number of thiophene rings is 1. The van der Waals surface area contributed by atoms with Crippen LogP contribution in [-0.2, 0) is 13.0 Å². The van der Waals surface area contributed by atoms with E-state index in [9.17, 15) is 4.79 Å². The van der Waals surface area contributed by atoms with Crippen LogP contribution in [0.5, 0.6) is 5.75 Å². The maximum absolute atomic E-state index is 14.1. The standard InChI is InChI=1S/C28H27N3O3S/c1-3-4-6-18-7-5-8-22-24-27(35-25(18)22)30-26(31(28(24)32)15-20-14-29-16-34-20)21-12-11-19(33-2)13-23(21)17-9-10-17/h5,7-8,11-14,16-17H,3-4,6,9-10,15H2,1-2H3. The van der Waals surface area contributed by atoms with Crippen LogP contribution in [0.3, 0.4) is 0 Å². The molecule has 1 aliphatic rings. The molecule has 0 unspecified atom stereocenters. The van der Waals surface area contributed by atoms with E-state index in [0.717, 1.165) is 53.6 Å². The summed E-state index contributed by atoms with van der Waals surface area (Å²) < 4.78 is 14.0. The first kappa shape index (κ1) is 22.0. The van der Waals surface area contributed by atoms with Gasteiger partial charge in [-0.05, 0) is 60.9 Å². The van der Waals surface area contributed by atoms with Crippen molar-refractivity contribution in [1.82, 2.24) is 14.5 Å². The van der Waals surface area contributed by atoms with Crippen molar-refractivity contribution in [1.29, 1.82) is 0 Å². The largest absolute Gasteiger partial charge is 0.497 e. The summed E-state index contributed by atoms with van der Waals surface area (Å²) in [6, 6.07) is 12.4. The van der Waals surface area contributed by atoms with Crippen LogP contribution in [0, 0.1) is 0 Å². The van der Waals surface area contributed by atoms with Crippen molar-refractivity contribution in [3.8, 4) is 17.1 Å². The fourth-order valence-corrected chi connectivity index (χ4v) is 6.04. The maximum atomic E-state index is 14.1. The molecule has 0 N–H and O–H groups in total. The van der Waals surface area contributed by atoms with E-state index in [1.165, 1.54) is 22.2 Å². The van der Waals surface area contributed by atoms with Gasteiger partial charge < -0.3 is 9.15 Å². The van der Waals surface area contributed by atoms with Gasteiger partial charge in [-0.25, -0.2) is 9.97 Å². The number of fused-ring (bicyclic) bond motifs is 3. The van der Waals surface area contributed by atoms with Gasteiger partial charge in [0.15, 0.2) is 6.39 Å². The van der Waals surface area contributed by atoms with Gasteiger partial charge in [-0.2, -0.15) is 0 Å². The summed E-state index contributed by atoms with van der Waals surface area (Å²) in [6.07, 6.45) is 8.59. The zero-order chi connectivity index (χ0) is 23.9. The normalized spacial score (nSPS) is 13.7. The van der Waals surface area contributed by atoms with Crippen molar-refractivity contribution < 1.29 is 9.15 Å². The van der Waals surface area contributed by atoms with Crippen LogP contribution in [0.4, 0.5) is 0 Å². The number of benzene rings is 2. The number of aromatic nitrogens is 3. The van der Waals surface area contributed by atoms with Gasteiger partial charge in [0.2, 0.25) is 0 Å². The smallest absolute Gasteiger partial charge is 0.263 e. The predicted octanol–water partition coefficient (Wildman–Crippen LogP) is 6.54. The van der Waals surface area contributed by atoms with E-state index < -0.39 is 0 Å². The maximum Gasteiger partial charge on any atom is 0.263 e. The molecule has 1 aliphatic carbocycles. The molecule has 0 radical (unpaired) electrons. The van der Waals surface area contributed by atoms with Gasteiger partial charge in [-0.1, -0.05) is 31.5 Å². The SMILES string of the molecule is CCCCc1cccc2c1sc1nc(-c3ccc(OC)cc3C3CC3)n(Cc3cnco3)c(=O)c12. The summed E-state index contributed by atoms with van der Waals surface area (Å²) in [7, 11) is 1.68. The van der Waals surface area contributed by atoms with Crippen LogP contribution in [0.2, 0.25) is 0 Å². The van der Waals surface area contributed by atoms with Crippen molar-refractivity contribution in [2.24, 2.45) is 0 Å². The van der Waals surface area contributed by atoms with Crippen molar-refractivity contribution in [2.75, 3.05) is 7.11 Å². The first-order chi connectivity index (χ1) is 17.2. The molecule has 0 atom stereocenters. The zero-order valence-electron chi connectivity index (χ0n) is 19.9. The number of nitrogens with zero attached hydrogens (tertiary/aromatic N) is 3. The number of oxazole rings is 1.